The van der Waals surface area contributed by atoms with Gasteiger partial charge in [-0.05, 0) is 68.1 Å². The number of amides is 1. The van der Waals surface area contributed by atoms with Gasteiger partial charge in [-0.15, -0.1) is 11.6 Å². The Hall–Kier alpha value is -1.02. The van der Waals surface area contributed by atoms with Gasteiger partial charge in [0.1, 0.15) is 0 Å². The normalized spacial score (nSPS) is 23.4. The summed E-state index contributed by atoms with van der Waals surface area (Å²) in [6.45, 7) is 3.15. The summed E-state index contributed by atoms with van der Waals surface area (Å²) in [7, 11) is 0. The summed E-state index contributed by atoms with van der Waals surface area (Å²) in [5.41, 5.74) is 3.78. The van der Waals surface area contributed by atoms with Crippen LogP contribution in [-0.4, -0.2) is 18.3 Å². The van der Waals surface area contributed by atoms with E-state index in [4.69, 9.17) is 11.6 Å². The number of aryl methyl sites for hydroxylation is 2. The fraction of sp³-hybridized carbons (Fsp3) is 0.682. The number of nitrogens with zero attached hydrogens (tertiary/aromatic N) is 1. The zero-order valence-corrected chi connectivity index (χ0v) is 16.4. The lowest BCUT2D eigenvalue weighted by molar-refractivity contribution is -0.123. The van der Waals surface area contributed by atoms with Crippen LogP contribution in [0, 0.1) is 11.8 Å². The average molecular weight is 362 g/mol. The Morgan fingerprint density at radius 2 is 2.04 bits per heavy atom. The van der Waals surface area contributed by atoms with Gasteiger partial charge in [0.25, 0.3) is 0 Å². The second kappa shape index (κ2) is 9.07. The number of hydrogen-bond donors (Lipinski definition) is 0. The molecular formula is C22H32ClNO. The smallest absolute Gasteiger partial charge is 0.230 e. The van der Waals surface area contributed by atoms with Gasteiger partial charge < -0.3 is 4.90 Å². The highest BCUT2D eigenvalue weighted by atomic mass is 35.5. The number of fused-ring (bicyclic) bond motifs is 1. The monoisotopic (exact) mass is 361 g/mol. The highest BCUT2D eigenvalue weighted by molar-refractivity contribution is 6.18. The highest BCUT2D eigenvalue weighted by Gasteiger charge is 2.31. The van der Waals surface area contributed by atoms with E-state index in [9.17, 15) is 4.79 Å². The molecule has 1 saturated carbocycles. The Kier molecular flexibility index (Phi) is 6.81. The zero-order valence-electron chi connectivity index (χ0n) is 15.6. The molecule has 2 aliphatic rings. The molecule has 1 aromatic rings. The fourth-order valence-corrected chi connectivity index (χ4v) is 4.77. The Labute approximate surface area is 157 Å². The van der Waals surface area contributed by atoms with E-state index in [1.54, 1.807) is 0 Å². The van der Waals surface area contributed by atoms with Crippen molar-refractivity contribution in [2.45, 2.75) is 71.1 Å². The third kappa shape index (κ3) is 4.58. The van der Waals surface area contributed by atoms with Crippen molar-refractivity contribution in [1.82, 2.24) is 0 Å². The second-order valence-corrected chi connectivity index (χ2v) is 8.23. The van der Waals surface area contributed by atoms with Gasteiger partial charge in [-0.2, -0.15) is 0 Å². The highest BCUT2D eigenvalue weighted by Crippen LogP contribution is 2.36. The van der Waals surface area contributed by atoms with Crippen LogP contribution in [-0.2, 0) is 17.6 Å². The van der Waals surface area contributed by atoms with Crippen LogP contribution in [0.15, 0.2) is 18.2 Å². The molecule has 1 aliphatic heterocycles. The van der Waals surface area contributed by atoms with Crippen LogP contribution in [0.5, 0.6) is 0 Å². The first-order chi connectivity index (χ1) is 12.2. The van der Waals surface area contributed by atoms with Crippen LogP contribution < -0.4 is 4.90 Å². The molecule has 1 amide bonds. The molecule has 1 aliphatic carbocycles. The van der Waals surface area contributed by atoms with Crippen LogP contribution in [0.3, 0.4) is 0 Å². The van der Waals surface area contributed by atoms with E-state index in [1.807, 2.05) is 0 Å². The maximum absolute atomic E-state index is 13.2. The van der Waals surface area contributed by atoms with E-state index in [2.05, 4.69) is 30.0 Å². The average Bonchev–Trinajstić information content (AvgIpc) is 2.66. The van der Waals surface area contributed by atoms with E-state index in [-0.39, 0.29) is 5.92 Å². The molecule has 0 saturated heterocycles. The molecular weight excluding hydrogens is 330 g/mol. The lowest BCUT2D eigenvalue weighted by Gasteiger charge is -2.35. The minimum atomic E-state index is 0.242. The number of alkyl halides is 1. The predicted octanol–water partition coefficient (Wildman–Crippen LogP) is 5.74. The Morgan fingerprint density at radius 3 is 2.76 bits per heavy atom. The number of halogens is 1. The molecule has 0 bridgehead atoms. The fourth-order valence-electron chi connectivity index (χ4n) is 4.56. The van der Waals surface area contributed by atoms with Crippen molar-refractivity contribution in [1.29, 1.82) is 0 Å². The number of benzene rings is 1. The van der Waals surface area contributed by atoms with Gasteiger partial charge in [0.05, 0.1) is 0 Å². The summed E-state index contributed by atoms with van der Waals surface area (Å²) >= 11 is 5.88. The van der Waals surface area contributed by atoms with Gasteiger partial charge in [0.2, 0.25) is 5.91 Å². The van der Waals surface area contributed by atoms with Crippen molar-refractivity contribution in [2.75, 3.05) is 17.3 Å². The van der Waals surface area contributed by atoms with Crippen LogP contribution in [0.25, 0.3) is 0 Å². The van der Waals surface area contributed by atoms with Crippen LogP contribution in [0.1, 0.15) is 69.4 Å². The van der Waals surface area contributed by atoms with Gasteiger partial charge in [0, 0.05) is 24.0 Å². The molecule has 3 rings (SSSR count). The summed E-state index contributed by atoms with van der Waals surface area (Å²) in [6.07, 6.45) is 11.7. The summed E-state index contributed by atoms with van der Waals surface area (Å²) in [6, 6.07) is 6.56. The lowest BCUT2D eigenvalue weighted by atomic mass is 9.79. The summed E-state index contributed by atoms with van der Waals surface area (Å²) < 4.78 is 0. The van der Waals surface area contributed by atoms with Crippen molar-refractivity contribution in [3.8, 4) is 0 Å². The second-order valence-electron chi connectivity index (χ2n) is 7.86. The molecule has 0 atom stereocenters. The summed E-state index contributed by atoms with van der Waals surface area (Å²) in [4.78, 5) is 15.2. The third-order valence-electron chi connectivity index (χ3n) is 6.07. The van der Waals surface area contributed by atoms with E-state index < -0.39 is 0 Å². The largest absolute Gasteiger partial charge is 0.312 e. The Morgan fingerprint density at radius 1 is 1.24 bits per heavy atom. The molecule has 138 valence electrons. The molecule has 1 heterocycles. The van der Waals surface area contributed by atoms with Crippen molar-refractivity contribution in [3.05, 3.63) is 29.3 Å². The molecule has 0 unspecified atom stereocenters. The Bertz CT molecular complexity index is 577. The van der Waals surface area contributed by atoms with E-state index in [1.165, 1.54) is 43.2 Å². The van der Waals surface area contributed by atoms with Gasteiger partial charge in [-0.3, -0.25) is 4.79 Å². The number of rotatable bonds is 6. The van der Waals surface area contributed by atoms with Gasteiger partial charge in [-0.25, -0.2) is 0 Å². The van der Waals surface area contributed by atoms with Crippen molar-refractivity contribution in [3.63, 3.8) is 0 Å². The lowest BCUT2D eigenvalue weighted by Crippen LogP contribution is -2.40. The SMILES string of the molecule is CCCCC1CCC(C(=O)N2CCCc3cc(CCCl)ccc32)CC1. The number of carbonyl (C=O) groups is 1. The quantitative estimate of drug-likeness (QED) is 0.591. The molecule has 1 aromatic carbocycles. The molecule has 0 N–H and O–H groups in total. The van der Waals surface area contributed by atoms with Crippen molar-refractivity contribution < 1.29 is 4.79 Å². The molecule has 3 heteroatoms. The van der Waals surface area contributed by atoms with Gasteiger partial charge >= 0.3 is 0 Å². The first kappa shape index (κ1) is 18.8. The summed E-state index contributed by atoms with van der Waals surface area (Å²) in [5, 5.41) is 0. The van der Waals surface area contributed by atoms with Gasteiger partial charge in [0.15, 0.2) is 0 Å². The standard InChI is InChI=1S/C22H32ClNO/c1-2-3-5-17-7-10-19(11-8-17)22(25)24-15-4-6-20-16-18(13-14-23)9-12-21(20)24/h9,12,16-17,19H,2-8,10-11,13-15H2,1H3. The van der Waals surface area contributed by atoms with Crippen LogP contribution >= 0.6 is 11.6 Å². The molecule has 2 nitrogen and oxygen atoms in total. The van der Waals surface area contributed by atoms with Gasteiger partial charge in [-0.1, -0.05) is 38.3 Å². The third-order valence-corrected chi connectivity index (χ3v) is 6.26. The van der Waals surface area contributed by atoms with Crippen molar-refractivity contribution in [2.24, 2.45) is 11.8 Å². The minimum absolute atomic E-state index is 0.242. The minimum Gasteiger partial charge on any atom is -0.312 e. The first-order valence-corrected chi connectivity index (χ1v) is 10.8. The maximum Gasteiger partial charge on any atom is 0.230 e. The number of hydrogen-bond acceptors (Lipinski definition) is 1. The van der Waals surface area contributed by atoms with Crippen LogP contribution in [0.2, 0.25) is 0 Å². The molecule has 0 spiro atoms. The summed E-state index contributed by atoms with van der Waals surface area (Å²) in [5.74, 6) is 2.13. The number of carbonyl (C=O) groups excluding carboxylic acids is 1. The van der Waals surface area contributed by atoms with E-state index in [0.29, 0.717) is 11.8 Å². The molecule has 0 radical (unpaired) electrons. The maximum atomic E-state index is 13.2. The molecule has 1 fully saturated rings. The number of unbranched alkanes of at least 4 members (excludes halogenated alkanes) is 1. The van der Waals surface area contributed by atoms with Crippen molar-refractivity contribution >= 4 is 23.2 Å². The predicted molar refractivity (Wildman–Crippen MR) is 107 cm³/mol. The van der Waals surface area contributed by atoms with Crippen LogP contribution in [0.4, 0.5) is 5.69 Å². The Balaban J connectivity index is 1.64. The van der Waals surface area contributed by atoms with E-state index in [0.717, 1.165) is 50.3 Å². The first-order valence-electron chi connectivity index (χ1n) is 10.2. The van der Waals surface area contributed by atoms with E-state index >= 15 is 0 Å². The molecule has 0 aromatic heterocycles. The molecule has 25 heavy (non-hydrogen) atoms. The zero-order chi connectivity index (χ0) is 17.6. The number of anilines is 1. The topological polar surface area (TPSA) is 20.3 Å².